The van der Waals surface area contributed by atoms with Gasteiger partial charge >= 0.3 is 5.97 Å². The monoisotopic (exact) mass is 387 g/mol. The predicted octanol–water partition coefficient (Wildman–Crippen LogP) is 2.79. The van der Waals surface area contributed by atoms with Crippen molar-refractivity contribution in [1.29, 1.82) is 0 Å². The van der Waals surface area contributed by atoms with Crippen molar-refractivity contribution in [2.45, 2.75) is 29.5 Å². The van der Waals surface area contributed by atoms with E-state index in [0.29, 0.717) is 21.7 Å². The van der Waals surface area contributed by atoms with Crippen LogP contribution in [0.5, 0.6) is 0 Å². The van der Waals surface area contributed by atoms with E-state index in [0.717, 1.165) is 22.1 Å². The van der Waals surface area contributed by atoms with Gasteiger partial charge in [-0.3, -0.25) is 4.79 Å². The lowest BCUT2D eigenvalue weighted by Crippen LogP contribution is -2.47. The second-order valence-corrected chi connectivity index (χ2v) is 9.05. The number of sulfonamides is 1. The first kappa shape index (κ1) is 15.2. The Bertz CT molecular complexity index is 581. The molecule has 0 spiro atoms. The fourth-order valence-electron chi connectivity index (χ4n) is 2.01. The zero-order valence-corrected chi connectivity index (χ0v) is 13.6. The standard InChI is InChI=1S/C10H11BrClNO4S2/c11-9-6(12)5-8(18-9)19(16,17)13-4-2-1-3-7(13)10(14)15/h5,7H,1-4H2,(H,14,15)/t7-/m0/s1. The van der Waals surface area contributed by atoms with E-state index in [4.69, 9.17) is 16.7 Å². The summed E-state index contributed by atoms with van der Waals surface area (Å²) in [5.41, 5.74) is 0. The molecule has 1 saturated heterocycles. The Labute approximate surface area is 128 Å². The normalized spacial score (nSPS) is 21.5. The summed E-state index contributed by atoms with van der Waals surface area (Å²) in [5.74, 6) is -1.11. The van der Waals surface area contributed by atoms with E-state index in [2.05, 4.69) is 15.9 Å². The third-order valence-corrected chi connectivity index (χ3v) is 7.76. The number of hydrogen-bond acceptors (Lipinski definition) is 4. The Hall–Kier alpha value is -0.150. The average molecular weight is 389 g/mol. The van der Waals surface area contributed by atoms with Gasteiger partial charge in [-0.15, -0.1) is 11.3 Å². The SMILES string of the molecule is O=C(O)[C@@H]1CCCCN1S(=O)(=O)c1cc(Cl)c(Br)s1. The number of thiophene rings is 1. The van der Waals surface area contributed by atoms with Gasteiger partial charge in [0.1, 0.15) is 10.3 Å². The van der Waals surface area contributed by atoms with Crippen LogP contribution < -0.4 is 0 Å². The molecule has 0 amide bonds. The predicted molar refractivity (Wildman–Crippen MR) is 76.2 cm³/mol. The number of nitrogens with zero attached hydrogens (tertiary/aromatic N) is 1. The van der Waals surface area contributed by atoms with E-state index in [1.807, 2.05) is 0 Å². The second-order valence-electron chi connectivity index (χ2n) is 4.15. The Morgan fingerprint density at radius 1 is 1.53 bits per heavy atom. The molecule has 19 heavy (non-hydrogen) atoms. The maximum atomic E-state index is 12.5. The quantitative estimate of drug-likeness (QED) is 0.864. The zero-order chi connectivity index (χ0) is 14.2. The van der Waals surface area contributed by atoms with E-state index >= 15 is 0 Å². The number of carbonyl (C=O) groups is 1. The number of rotatable bonds is 3. The molecule has 0 aliphatic carbocycles. The third-order valence-electron chi connectivity index (χ3n) is 2.92. The number of halogens is 2. The van der Waals surface area contributed by atoms with Crippen LogP contribution >= 0.6 is 38.9 Å². The fourth-order valence-corrected chi connectivity index (χ4v) is 6.19. The van der Waals surface area contributed by atoms with Gasteiger partial charge in [0.15, 0.2) is 0 Å². The van der Waals surface area contributed by atoms with Crippen LogP contribution in [0, 0.1) is 0 Å². The van der Waals surface area contributed by atoms with Crippen molar-refractivity contribution >= 4 is 54.9 Å². The molecule has 0 unspecified atom stereocenters. The van der Waals surface area contributed by atoms with Crippen molar-refractivity contribution in [2.75, 3.05) is 6.54 Å². The highest BCUT2D eigenvalue weighted by Gasteiger charge is 2.38. The minimum atomic E-state index is -3.80. The average Bonchev–Trinajstić information content (AvgIpc) is 2.70. The number of carboxylic acid groups (broad SMARTS) is 1. The summed E-state index contributed by atoms with van der Waals surface area (Å²) in [6, 6.07) is 0.359. The van der Waals surface area contributed by atoms with E-state index in [1.165, 1.54) is 6.07 Å². The molecule has 106 valence electrons. The lowest BCUT2D eigenvalue weighted by molar-refractivity contribution is -0.142. The molecule has 0 radical (unpaired) electrons. The molecule has 1 atom stereocenters. The van der Waals surface area contributed by atoms with Crippen LogP contribution in [0.3, 0.4) is 0 Å². The zero-order valence-electron chi connectivity index (χ0n) is 9.67. The molecule has 1 fully saturated rings. The van der Waals surface area contributed by atoms with Crippen LogP contribution in [0.4, 0.5) is 0 Å². The first-order valence-corrected chi connectivity index (χ1v) is 8.96. The summed E-state index contributed by atoms with van der Waals surface area (Å²) in [5, 5.41) is 9.45. The molecule has 9 heteroatoms. The van der Waals surface area contributed by atoms with Gasteiger partial charge in [-0.1, -0.05) is 11.6 Å². The van der Waals surface area contributed by atoms with Crippen LogP contribution in [0.15, 0.2) is 14.1 Å². The van der Waals surface area contributed by atoms with Crippen LogP contribution in [0.1, 0.15) is 19.3 Å². The van der Waals surface area contributed by atoms with E-state index in [1.54, 1.807) is 0 Å². The highest BCUT2D eigenvalue weighted by atomic mass is 79.9. The van der Waals surface area contributed by atoms with E-state index < -0.39 is 22.0 Å². The van der Waals surface area contributed by atoms with Crippen molar-refractivity contribution < 1.29 is 18.3 Å². The lowest BCUT2D eigenvalue weighted by atomic mass is 10.1. The molecular formula is C10H11BrClNO4S2. The summed E-state index contributed by atoms with van der Waals surface area (Å²) in [4.78, 5) is 11.2. The van der Waals surface area contributed by atoms with Crippen LogP contribution in [-0.2, 0) is 14.8 Å². The molecular weight excluding hydrogens is 378 g/mol. The molecule has 2 heterocycles. The van der Waals surface area contributed by atoms with Crippen molar-refractivity contribution in [2.24, 2.45) is 0 Å². The number of carboxylic acids is 1. The number of piperidine rings is 1. The first-order chi connectivity index (χ1) is 8.84. The molecule has 0 bridgehead atoms. The highest BCUT2D eigenvalue weighted by Crippen LogP contribution is 2.37. The Balaban J connectivity index is 2.39. The number of hydrogen-bond donors (Lipinski definition) is 1. The van der Waals surface area contributed by atoms with Gasteiger partial charge in [-0.2, -0.15) is 4.31 Å². The van der Waals surface area contributed by atoms with Crippen LogP contribution in [0.25, 0.3) is 0 Å². The summed E-state index contributed by atoms with van der Waals surface area (Å²) >= 11 is 9.99. The van der Waals surface area contributed by atoms with Gasteiger partial charge in [-0.05, 0) is 41.3 Å². The topological polar surface area (TPSA) is 74.7 Å². The van der Waals surface area contributed by atoms with Gasteiger partial charge in [0, 0.05) is 6.54 Å². The van der Waals surface area contributed by atoms with E-state index in [9.17, 15) is 13.2 Å². The lowest BCUT2D eigenvalue weighted by Gasteiger charge is -2.31. The summed E-state index contributed by atoms with van der Waals surface area (Å²) in [6.45, 7) is 0.229. The van der Waals surface area contributed by atoms with Crippen LogP contribution in [0.2, 0.25) is 5.02 Å². The van der Waals surface area contributed by atoms with Gasteiger partial charge in [0.05, 0.1) is 8.81 Å². The van der Waals surface area contributed by atoms with Gasteiger partial charge in [-0.25, -0.2) is 8.42 Å². The largest absolute Gasteiger partial charge is 0.480 e. The summed E-state index contributed by atoms with van der Waals surface area (Å²) in [6.07, 6.45) is 1.73. The molecule has 5 nitrogen and oxygen atoms in total. The van der Waals surface area contributed by atoms with E-state index in [-0.39, 0.29) is 10.8 Å². The molecule has 2 rings (SSSR count). The Kier molecular flexibility index (Phi) is 4.56. The molecule has 1 aromatic heterocycles. The molecule has 1 N–H and O–H groups in total. The maximum absolute atomic E-state index is 12.5. The maximum Gasteiger partial charge on any atom is 0.322 e. The highest BCUT2D eigenvalue weighted by molar-refractivity contribution is 9.11. The minimum Gasteiger partial charge on any atom is -0.480 e. The van der Waals surface area contributed by atoms with Crippen molar-refractivity contribution in [1.82, 2.24) is 4.31 Å². The van der Waals surface area contributed by atoms with Gasteiger partial charge in [0.25, 0.3) is 10.0 Å². The molecule has 0 aromatic carbocycles. The number of aliphatic carboxylic acids is 1. The van der Waals surface area contributed by atoms with Crippen LogP contribution in [-0.4, -0.2) is 36.4 Å². The first-order valence-electron chi connectivity index (χ1n) is 5.53. The van der Waals surface area contributed by atoms with Crippen molar-refractivity contribution in [3.05, 3.63) is 14.9 Å². The summed E-state index contributed by atoms with van der Waals surface area (Å²) < 4.78 is 26.6. The molecule has 1 aliphatic rings. The third kappa shape index (κ3) is 2.97. The Morgan fingerprint density at radius 3 is 2.74 bits per heavy atom. The smallest absolute Gasteiger partial charge is 0.322 e. The molecule has 0 saturated carbocycles. The van der Waals surface area contributed by atoms with Crippen molar-refractivity contribution in [3.63, 3.8) is 0 Å². The summed E-state index contributed by atoms with van der Waals surface area (Å²) in [7, 11) is -3.80. The molecule has 1 aliphatic heterocycles. The molecule has 1 aromatic rings. The van der Waals surface area contributed by atoms with Crippen molar-refractivity contribution in [3.8, 4) is 0 Å². The minimum absolute atomic E-state index is 0.0672. The Morgan fingerprint density at radius 2 is 2.21 bits per heavy atom. The second kappa shape index (κ2) is 5.69. The van der Waals surface area contributed by atoms with Gasteiger partial charge < -0.3 is 5.11 Å². The van der Waals surface area contributed by atoms with Gasteiger partial charge in [0.2, 0.25) is 0 Å². The fraction of sp³-hybridized carbons (Fsp3) is 0.500.